The minimum atomic E-state index is 0.0886. The molecule has 3 nitrogen and oxygen atoms in total. The summed E-state index contributed by atoms with van der Waals surface area (Å²) < 4.78 is 0. The molecular formula is C18H27N3. The fraction of sp³-hybridized carbons (Fsp3) is 0.611. The Hall–Kier alpha value is -1.53. The van der Waals surface area contributed by atoms with Gasteiger partial charge in [0.2, 0.25) is 0 Å². The molecule has 1 aliphatic heterocycles. The van der Waals surface area contributed by atoms with Crippen molar-refractivity contribution in [3.63, 3.8) is 0 Å². The van der Waals surface area contributed by atoms with Crippen molar-refractivity contribution in [1.82, 2.24) is 5.32 Å². The number of rotatable bonds is 3. The number of nitriles is 1. The van der Waals surface area contributed by atoms with E-state index in [0.717, 1.165) is 30.9 Å². The summed E-state index contributed by atoms with van der Waals surface area (Å²) >= 11 is 0. The molecule has 1 aromatic carbocycles. The molecule has 1 saturated heterocycles. The summed E-state index contributed by atoms with van der Waals surface area (Å²) in [5, 5.41) is 12.9. The standard InChI is InChI=1S/C18H27N3/c1-13-11-21(12-14(13)2)17-7-6-15(8-16(17)9-19)10-20-18(3,4)5/h6-8,13-14,20H,10-12H2,1-5H3. The lowest BCUT2D eigenvalue weighted by molar-refractivity contribution is 0.424. The highest BCUT2D eigenvalue weighted by molar-refractivity contribution is 5.61. The Balaban J connectivity index is 2.16. The summed E-state index contributed by atoms with van der Waals surface area (Å²) in [5.41, 5.74) is 3.15. The van der Waals surface area contributed by atoms with Crippen LogP contribution in [0.15, 0.2) is 18.2 Å². The Kier molecular flexibility index (Phi) is 4.58. The maximum atomic E-state index is 9.47. The van der Waals surface area contributed by atoms with Gasteiger partial charge in [-0.25, -0.2) is 0 Å². The van der Waals surface area contributed by atoms with Gasteiger partial charge in [-0.05, 0) is 50.3 Å². The summed E-state index contributed by atoms with van der Waals surface area (Å²) in [6, 6.07) is 8.66. The first-order valence-corrected chi connectivity index (χ1v) is 7.83. The van der Waals surface area contributed by atoms with Gasteiger partial charge in [-0.2, -0.15) is 5.26 Å². The molecule has 0 aliphatic carbocycles. The molecule has 0 radical (unpaired) electrons. The molecule has 0 spiro atoms. The average Bonchev–Trinajstić information content (AvgIpc) is 2.75. The largest absolute Gasteiger partial charge is 0.370 e. The molecule has 3 heteroatoms. The van der Waals surface area contributed by atoms with Gasteiger partial charge in [-0.1, -0.05) is 19.9 Å². The van der Waals surface area contributed by atoms with Crippen LogP contribution in [0.3, 0.4) is 0 Å². The fourth-order valence-corrected chi connectivity index (χ4v) is 2.75. The van der Waals surface area contributed by atoms with Gasteiger partial charge in [0.05, 0.1) is 11.3 Å². The molecule has 1 heterocycles. The van der Waals surface area contributed by atoms with E-state index in [4.69, 9.17) is 0 Å². The van der Waals surface area contributed by atoms with Gasteiger partial charge in [0.1, 0.15) is 6.07 Å². The van der Waals surface area contributed by atoms with E-state index >= 15 is 0 Å². The highest BCUT2D eigenvalue weighted by atomic mass is 15.2. The zero-order valence-corrected chi connectivity index (χ0v) is 13.9. The van der Waals surface area contributed by atoms with Crippen molar-refractivity contribution >= 4 is 5.69 Å². The normalized spacial score (nSPS) is 22.4. The first-order chi connectivity index (χ1) is 9.80. The number of nitrogens with one attached hydrogen (secondary N) is 1. The van der Waals surface area contributed by atoms with E-state index in [2.05, 4.69) is 63.0 Å². The number of nitrogens with zero attached hydrogens (tertiary/aromatic N) is 2. The summed E-state index contributed by atoms with van der Waals surface area (Å²) in [5.74, 6) is 1.39. The SMILES string of the molecule is CC1CN(c2ccc(CNC(C)(C)C)cc2C#N)CC1C. The molecular weight excluding hydrogens is 258 g/mol. The first-order valence-electron chi connectivity index (χ1n) is 7.83. The minimum Gasteiger partial charge on any atom is -0.370 e. The summed E-state index contributed by atoms with van der Waals surface area (Å²) in [4.78, 5) is 2.36. The van der Waals surface area contributed by atoms with Crippen molar-refractivity contribution in [2.75, 3.05) is 18.0 Å². The van der Waals surface area contributed by atoms with E-state index in [-0.39, 0.29) is 5.54 Å². The molecule has 0 amide bonds. The molecule has 0 bridgehead atoms. The third-order valence-electron chi connectivity index (χ3n) is 4.33. The quantitative estimate of drug-likeness (QED) is 0.923. The lowest BCUT2D eigenvalue weighted by Gasteiger charge is -2.22. The Morgan fingerprint density at radius 3 is 2.38 bits per heavy atom. The fourth-order valence-electron chi connectivity index (χ4n) is 2.75. The molecule has 1 N–H and O–H groups in total. The Bertz CT molecular complexity index is 526. The van der Waals surface area contributed by atoms with Crippen LogP contribution in [0.4, 0.5) is 5.69 Å². The monoisotopic (exact) mass is 285 g/mol. The second kappa shape index (κ2) is 6.07. The maximum Gasteiger partial charge on any atom is 0.101 e. The van der Waals surface area contributed by atoms with Crippen LogP contribution >= 0.6 is 0 Å². The highest BCUT2D eigenvalue weighted by Crippen LogP contribution is 2.30. The van der Waals surface area contributed by atoms with Gasteiger partial charge >= 0.3 is 0 Å². The number of anilines is 1. The lowest BCUT2D eigenvalue weighted by atomic mass is 10.0. The van der Waals surface area contributed by atoms with E-state index in [0.29, 0.717) is 11.8 Å². The van der Waals surface area contributed by atoms with Crippen molar-refractivity contribution in [2.24, 2.45) is 11.8 Å². The molecule has 2 rings (SSSR count). The third-order valence-corrected chi connectivity index (χ3v) is 4.33. The van der Waals surface area contributed by atoms with Gasteiger partial charge in [0.25, 0.3) is 0 Å². The lowest BCUT2D eigenvalue weighted by Crippen LogP contribution is -2.35. The number of hydrogen-bond donors (Lipinski definition) is 1. The second-order valence-electron chi connectivity index (χ2n) is 7.43. The van der Waals surface area contributed by atoms with Crippen LogP contribution in [0.2, 0.25) is 0 Å². The zero-order valence-electron chi connectivity index (χ0n) is 13.9. The van der Waals surface area contributed by atoms with Crippen LogP contribution in [-0.2, 0) is 6.54 Å². The second-order valence-corrected chi connectivity index (χ2v) is 7.43. The topological polar surface area (TPSA) is 39.1 Å². The molecule has 1 fully saturated rings. The van der Waals surface area contributed by atoms with E-state index in [9.17, 15) is 5.26 Å². The Labute approximate surface area is 129 Å². The molecule has 2 atom stereocenters. The highest BCUT2D eigenvalue weighted by Gasteiger charge is 2.27. The van der Waals surface area contributed by atoms with Gasteiger partial charge < -0.3 is 10.2 Å². The third kappa shape index (κ3) is 3.98. The van der Waals surface area contributed by atoms with Crippen molar-refractivity contribution in [3.8, 4) is 6.07 Å². The van der Waals surface area contributed by atoms with Gasteiger partial charge in [0, 0.05) is 25.2 Å². The van der Waals surface area contributed by atoms with Crippen molar-refractivity contribution in [1.29, 1.82) is 5.26 Å². The van der Waals surface area contributed by atoms with E-state index in [1.54, 1.807) is 0 Å². The number of hydrogen-bond acceptors (Lipinski definition) is 3. The summed E-state index contributed by atoms with van der Waals surface area (Å²) in [6.07, 6.45) is 0. The summed E-state index contributed by atoms with van der Waals surface area (Å²) in [6.45, 7) is 13.9. The van der Waals surface area contributed by atoms with Crippen LogP contribution in [-0.4, -0.2) is 18.6 Å². The minimum absolute atomic E-state index is 0.0886. The van der Waals surface area contributed by atoms with Crippen molar-refractivity contribution in [3.05, 3.63) is 29.3 Å². The van der Waals surface area contributed by atoms with Crippen LogP contribution in [0, 0.1) is 23.2 Å². The van der Waals surface area contributed by atoms with Crippen LogP contribution < -0.4 is 10.2 Å². The van der Waals surface area contributed by atoms with Crippen molar-refractivity contribution < 1.29 is 0 Å². The predicted molar refractivity (Wildman–Crippen MR) is 88.3 cm³/mol. The summed E-state index contributed by atoms with van der Waals surface area (Å²) in [7, 11) is 0. The number of benzene rings is 1. The van der Waals surface area contributed by atoms with Crippen LogP contribution in [0.5, 0.6) is 0 Å². The molecule has 21 heavy (non-hydrogen) atoms. The Morgan fingerprint density at radius 1 is 1.24 bits per heavy atom. The van der Waals surface area contributed by atoms with E-state index in [1.807, 2.05) is 6.07 Å². The zero-order chi connectivity index (χ0) is 15.6. The average molecular weight is 285 g/mol. The molecule has 0 saturated carbocycles. The molecule has 1 aliphatic rings. The Morgan fingerprint density at radius 2 is 1.86 bits per heavy atom. The van der Waals surface area contributed by atoms with Gasteiger partial charge in [-0.3, -0.25) is 0 Å². The van der Waals surface area contributed by atoms with Crippen molar-refractivity contribution in [2.45, 2.75) is 46.7 Å². The molecule has 114 valence electrons. The van der Waals surface area contributed by atoms with Crippen LogP contribution in [0.1, 0.15) is 45.7 Å². The predicted octanol–water partition coefficient (Wildman–Crippen LogP) is 3.54. The smallest absolute Gasteiger partial charge is 0.101 e. The van der Waals surface area contributed by atoms with Gasteiger partial charge in [-0.15, -0.1) is 0 Å². The molecule has 0 aromatic heterocycles. The van der Waals surface area contributed by atoms with E-state index in [1.165, 1.54) is 5.56 Å². The maximum absolute atomic E-state index is 9.47. The van der Waals surface area contributed by atoms with Crippen LogP contribution in [0.25, 0.3) is 0 Å². The van der Waals surface area contributed by atoms with E-state index < -0.39 is 0 Å². The molecule has 1 aromatic rings. The first kappa shape index (κ1) is 15.9. The molecule has 2 unspecified atom stereocenters. The van der Waals surface area contributed by atoms with Gasteiger partial charge in [0.15, 0.2) is 0 Å².